The maximum absolute atomic E-state index is 12.3. The van der Waals surface area contributed by atoms with E-state index in [1.54, 1.807) is 16.2 Å². The molecule has 0 saturated heterocycles. The number of nitrogens with one attached hydrogen (secondary N) is 1. The van der Waals surface area contributed by atoms with E-state index in [0.29, 0.717) is 6.54 Å². The molecule has 5 heteroatoms. The molecule has 2 rings (SSSR count). The number of nitrogens with zero attached hydrogens (tertiary/aromatic N) is 2. The Hall–Kier alpha value is -2.01. The van der Waals surface area contributed by atoms with Gasteiger partial charge in [-0.25, -0.2) is 4.79 Å². The Morgan fingerprint density at radius 1 is 1.24 bits per heavy atom. The first kappa shape index (κ1) is 15.4. The topological polar surface area (TPSA) is 48.2 Å². The minimum absolute atomic E-state index is 0.0140. The quantitative estimate of drug-likeness (QED) is 0.887. The summed E-state index contributed by atoms with van der Waals surface area (Å²) in [6, 6.07) is 8.05. The van der Waals surface area contributed by atoms with Crippen molar-refractivity contribution in [1.29, 1.82) is 0 Å². The summed E-state index contributed by atoms with van der Waals surface area (Å²) in [6.07, 6.45) is 3.67. The largest absolute Gasteiger partial charge is 0.496 e. The van der Waals surface area contributed by atoms with Gasteiger partial charge in [0.2, 0.25) is 0 Å². The lowest BCUT2D eigenvalue weighted by atomic mass is 10.1. The molecule has 0 bridgehead atoms. The molecule has 0 fully saturated rings. The summed E-state index contributed by atoms with van der Waals surface area (Å²) < 4.78 is 8.87. The van der Waals surface area contributed by atoms with Crippen LogP contribution >= 0.6 is 0 Å². The number of ether oxygens (including phenoxy) is 1. The van der Waals surface area contributed by atoms with E-state index in [2.05, 4.69) is 5.32 Å². The highest BCUT2D eigenvalue weighted by Gasteiger charge is 2.16. The van der Waals surface area contributed by atoms with Crippen molar-refractivity contribution in [2.24, 2.45) is 0 Å². The van der Waals surface area contributed by atoms with Gasteiger partial charge in [0.1, 0.15) is 5.75 Å². The molecule has 114 valence electrons. The third-order valence-corrected chi connectivity index (χ3v) is 3.67. The molecule has 1 atom stereocenters. The van der Waals surface area contributed by atoms with E-state index in [9.17, 15) is 4.79 Å². The zero-order valence-corrected chi connectivity index (χ0v) is 13.0. The Balaban J connectivity index is 2.30. The second-order valence-electron chi connectivity index (χ2n) is 5.32. The number of likely N-dealkylation sites (N-methyl/N-ethyl adjacent to an activating group) is 1. The van der Waals surface area contributed by atoms with Crippen molar-refractivity contribution in [3.8, 4) is 5.75 Å². The number of imidazole rings is 1. The van der Waals surface area contributed by atoms with Gasteiger partial charge in [0, 0.05) is 30.5 Å². The summed E-state index contributed by atoms with van der Waals surface area (Å²) in [6.45, 7) is 4.57. The molecule has 1 unspecified atom stereocenters. The highest BCUT2D eigenvalue weighted by atomic mass is 16.5. The Morgan fingerprint density at radius 3 is 2.52 bits per heavy atom. The Morgan fingerprint density at radius 2 is 1.95 bits per heavy atom. The number of rotatable bonds is 6. The number of methoxy groups -OCH3 is 1. The van der Waals surface area contributed by atoms with Crippen molar-refractivity contribution in [3.63, 3.8) is 0 Å². The number of hydrogen-bond donors (Lipinski definition) is 1. The predicted octanol–water partition coefficient (Wildman–Crippen LogP) is 2.20. The summed E-state index contributed by atoms with van der Waals surface area (Å²) in [5, 5.41) is 3.26. The van der Waals surface area contributed by atoms with E-state index in [1.165, 1.54) is 0 Å². The van der Waals surface area contributed by atoms with Crippen molar-refractivity contribution < 1.29 is 4.74 Å². The molecule has 21 heavy (non-hydrogen) atoms. The van der Waals surface area contributed by atoms with E-state index in [1.807, 2.05) is 57.6 Å². The second kappa shape index (κ2) is 6.63. The monoisotopic (exact) mass is 289 g/mol. The van der Waals surface area contributed by atoms with Gasteiger partial charge in [-0.15, -0.1) is 0 Å². The van der Waals surface area contributed by atoms with Crippen LogP contribution < -0.4 is 15.7 Å². The van der Waals surface area contributed by atoms with Crippen LogP contribution in [0.1, 0.15) is 31.5 Å². The van der Waals surface area contributed by atoms with Crippen LogP contribution in [0.4, 0.5) is 0 Å². The molecule has 0 amide bonds. The molecule has 1 N–H and O–H groups in total. The van der Waals surface area contributed by atoms with Crippen molar-refractivity contribution >= 4 is 0 Å². The highest BCUT2D eigenvalue weighted by molar-refractivity contribution is 5.35. The average molecular weight is 289 g/mol. The van der Waals surface area contributed by atoms with Crippen LogP contribution in [-0.2, 0) is 6.54 Å². The van der Waals surface area contributed by atoms with Crippen LogP contribution in [0.2, 0.25) is 0 Å². The molecule has 0 aliphatic heterocycles. The van der Waals surface area contributed by atoms with E-state index in [-0.39, 0.29) is 17.8 Å². The number of benzene rings is 1. The first-order chi connectivity index (χ1) is 10.1. The highest BCUT2D eigenvalue weighted by Crippen LogP contribution is 2.25. The van der Waals surface area contributed by atoms with Crippen LogP contribution in [-0.4, -0.2) is 23.3 Å². The van der Waals surface area contributed by atoms with Crippen molar-refractivity contribution in [3.05, 3.63) is 52.7 Å². The summed E-state index contributed by atoms with van der Waals surface area (Å²) in [4.78, 5) is 12.3. The lowest BCUT2D eigenvalue weighted by molar-refractivity contribution is 0.393. The SMILES string of the molecule is CNC(Cn1ccn(C(C)C)c1=O)c1ccccc1OC. The molecule has 0 aliphatic rings. The lowest BCUT2D eigenvalue weighted by Gasteiger charge is -2.19. The minimum atomic E-state index is 0.0140. The van der Waals surface area contributed by atoms with Crippen LogP contribution in [0.3, 0.4) is 0 Å². The first-order valence-corrected chi connectivity index (χ1v) is 7.16. The van der Waals surface area contributed by atoms with Crippen LogP contribution in [0.25, 0.3) is 0 Å². The standard InChI is InChI=1S/C16H23N3O2/c1-12(2)19-10-9-18(16(19)20)11-14(17-3)13-7-5-6-8-15(13)21-4/h5-10,12,14,17H,11H2,1-4H3. The Labute approximate surface area is 125 Å². The average Bonchev–Trinajstić information content (AvgIpc) is 2.86. The summed E-state index contributed by atoms with van der Waals surface area (Å²) in [7, 11) is 3.55. The van der Waals surface area contributed by atoms with Gasteiger partial charge in [0.05, 0.1) is 13.2 Å². The summed E-state index contributed by atoms with van der Waals surface area (Å²) in [5.74, 6) is 0.827. The van der Waals surface area contributed by atoms with Crippen molar-refractivity contribution in [2.75, 3.05) is 14.2 Å². The summed E-state index contributed by atoms with van der Waals surface area (Å²) >= 11 is 0. The van der Waals surface area contributed by atoms with Crippen LogP contribution in [0.5, 0.6) is 5.75 Å². The zero-order chi connectivity index (χ0) is 15.4. The maximum atomic E-state index is 12.3. The predicted molar refractivity (Wildman–Crippen MR) is 83.9 cm³/mol. The fraction of sp³-hybridized carbons (Fsp3) is 0.438. The number of para-hydroxylation sites is 1. The van der Waals surface area contributed by atoms with Gasteiger partial charge in [-0.1, -0.05) is 18.2 Å². The van der Waals surface area contributed by atoms with E-state index in [4.69, 9.17) is 4.74 Å². The molecule has 2 aromatic rings. The normalized spacial score (nSPS) is 12.6. The molecular weight excluding hydrogens is 266 g/mol. The zero-order valence-electron chi connectivity index (χ0n) is 13.0. The first-order valence-electron chi connectivity index (χ1n) is 7.16. The van der Waals surface area contributed by atoms with E-state index in [0.717, 1.165) is 11.3 Å². The molecule has 0 spiro atoms. The van der Waals surface area contributed by atoms with Gasteiger partial charge in [0.15, 0.2) is 0 Å². The molecule has 0 saturated carbocycles. The molecule has 1 aromatic carbocycles. The van der Waals surface area contributed by atoms with Crippen molar-refractivity contribution in [1.82, 2.24) is 14.5 Å². The second-order valence-corrected chi connectivity index (χ2v) is 5.32. The minimum Gasteiger partial charge on any atom is -0.496 e. The van der Waals surface area contributed by atoms with Crippen LogP contribution in [0, 0.1) is 0 Å². The fourth-order valence-corrected chi connectivity index (χ4v) is 2.46. The number of aromatic nitrogens is 2. The Bertz CT molecular complexity index is 643. The van der Waals surface area contributed by atoms with Gasteiger partial charge in [0.25, 0.3) is 0 Å². The van der Waals surface area contributed by atoms with Gasteiger partial charge in [-0.3, -0.25) is 9.13 Å². The molecule has 0 radical (unpaired) electrons. The van der Waals surface area contributed by atoms with Gasteiger partial charge in [-0.05, 0) is 27.0 Å². The molecule has 5 nitrogen and oxygen atoms in total. The third kappa shape index (κ3) is 3.19. The van der Waals surface area contributed by atoms with Gasteiger partial charge in [-0.2, -0.15) is 0 Å². The summed E-state index contributed by atoms with van der Waals surface area (Å²) in [5.41, 5.74) is 1.06. The smallest absolute Gasteiger partial charge is 0.328 e. The van der Waals surface area contributed by atoms with Gasteiger partial charge < -0.3 is 10.1 Å². The fourth-order valence-electron chi connectivity index (χ4n) is 2.46. The van der Waals surface area contributed by atoms with Crippen molar-refractivity contribution in [2.45, 2.75) is 32.5 Å². The molecule has 1 heterocycles. The van der Waals surface area contributed by atoms with Gasteiger partial charge >= 0.3 is 5.69 Å². The maximum Gasteiger partial charge on any atom is 0.328 e. The van der Waals surface area contributed by atoms with E-state index >= 15 is 0 Å². The molecule has 0 aliphatic carbocycles. The molecule has 1 aromatic heterocycles. The lowest BCUT2D eigenvalue weighted by Crippen LogP contribution is -2.30. The Kier molecular flexibility index (Phi) is 4.85. The third-order valence-electron chi connectivity index (χ3n) is 3.67. The van der Waals surface area contributed by atoms with Crippen LogP contribution in [0.15, 0.2) is 41.5 Å². The molecular formula is C16H23N3O2. The van der Waals surface area contributed by atoms with E-state index < -0.39 is 0 Å². The number of hydrogen-bond acceptors (Lipinski definition) is 3.